The molecule has 1 aliphatic rings. The van der Waals surface area contributed by atoms with Gasteiger partial charge in [0.25, 0.3) is 0 Å². The van der Waals surface area contributed by atoms with Gasteiger partial charge in [-0.1, -0.05) is 12.5 Å². The second kappa shape index (κ2) is 12.1. The van der Waals surface area contributed by atoms with Gasteiger partial charge in [0.2, 0.25) is 0 Å². The van der Waals surface area contributed by atoms with Crippen LogP contribution in [0, 0.1) is 5.82 Å². The molecule has 0 atom stereocenters. The lowest BCUT2D eigenvalue weighted by atomic mass is 10.0. The van der Waals surface area contributed by atoms with Gasteiger partial charge in [-0.25, -0.2) is 9.37 Å². The first-order chi connectivity index (χ1) is 21.5. The van der Waals surface area contributed by atoms with Crippen molar-refractivity contribution >= 4 is 27.6 Å². The fourth-order valence-electron chi connectivity index (χ4n) is 5.99. The number of nitrogens with one attached hydrogen (secondary N) is 3. The number of H-pyrrole nitrogens is 2. The Balaban J connectivity index is 1.21. The molecule has 3 N–H and O–H groups in total. The van der Waals surface area contributed by atoms with E-state index in [-0.39, 0.29) is 5.82 Å². The quantitative estimate of drug-likeness (QED) is 0.181. The third-order valence-corrected chi connectivity index (χ3v) is 8.23. The van der Waals surface area contributed by atoms with E-state index in [1.54, 1.807) is 6.20 Å². The number of anilines is 1. The van der Waals surface area contributed by atoms with Crippen LogP contribution in [-0.4, -0.2) is 80.2 Å². The number of likely N-dealkylation sites (tertiary alicyclic amines) is 1. The number of rotatable bonds is 9. The summed E-state index contributed by atoms with van der Waals surface area (Å²) in [5.41, 5.74) is 8.44. The van der Waals surface area contributed by atoms with E-state index in [0.717, 1.165) is 53.7 Å². The minimum absolute atomic E-state index is 0.329. The number of benzene rings is 2. The zero-order valence-electron chi connectivity index (χ0n) is 25.1. The predicted molar refractivity (Wildman–Crippen MR) is 174 cm³/mol. The van der Waals surface area contributed by atoms with Crippen LogP contribution in [0.25, 0.3) is 55.8 Å². The molecule has 9 nitrogen and oxygen atoms in total. The summed E-state index contributed by atoms with van der Waals surface area (Å²) in [7, 11) is 4.02. The Morgan fingerprint density at radius 2 is 1.80 bits per heavy atom. The smallest absolute Gasteiger partial charge is 0.159 e. The Morgan fingerprint density at radius 3 is 2.66 bits per heavy atom. The van der Waals surface area contributed by atoms with E-state index in [9.17, 15) is 4.39 Å². The average Bonchev–Trinajstić information content (AvgIpc) is 3.65. The van der Waals surface area contributed by atoms with Crippen molar-refractivity contribution in [3.63, 3.8) is 0 Å². The number of pyridine rings is 2. The summed E-state index contributed by atoms with van der Waals surface area (Å²) in [5.74, 6) is 0.292. The molecule has 0 bridgehead atoms. The molecular formula is C34H36FN9. The van der Waals surface area contributed by atoms with Crippen molar-refractivity contribution in [3.8, 4) is 33.9 Å². The van der Waals surface area contributed by atoms with E-state index in [2.05, 4.69) is 58.5 Å². The minimum Gasteiger partial charge on any atom is -0.384 e. The monoisotopic (exact) mass is 589 g/mol. The standard InChI is InChI=1S/C34H36FN9/c1-43(2)13-10-37-27-16-24(15-26(35)18-27)31-33-30(8-9-38-31)39-34(40-33)32-28-17-23(6-7-29(28)41-42-32)25-14-22(19-36-20-25)21-44-11-4-3-5-12-44/h6-9,14-20,37H,3-5,10-13,21H2,1-2H3,(H,39,40)(H,41,42). The van der Waals surface area contributed by atoms with Crippen LogP contribution in [0.1, 0.15) is 24.8 Å². The molecule has 224 valence electrons. The van der Waals surface area contributed by atoms with E-state index in [1.165, 1.54) is 37.0 Å². The van der Waals surface area contributed by atoms with Crippen LogP contribution >= 0.6 is 0 Å². The highest BCUT2D eigenvalue weighted by molar-refractivity contribution is 5.97. The van der Waals surface area contributed by atoms with Crippen molar-refractivity contribution in [2.45, 2.75) is 25.8 Å². The molecule has 10 heteroatoms. The number of likely N-dealkylation sites (N-methyl/N-ethyl adjacent to an activating group) is 1. The van der Waals surface area contributed by atoms with Crippen molar-refractivity contribution in [1.29, 1.82) is 0 Å². The number of nitrogens with zero attached hydrogens (tertiary/aromatic N) is 6. The molecule has 0 saturated carbocycles. The number of aromatic amines is 2. The molecule has 0 radical (unpaired) electrons. The molecule has 0 amide bonds. The first-order valence-electron chi connectivity index (χ1n) is 15.2. The zero-order chi connectivity index (χ0) is 30.0. The molecule has 1 aliphatic heterocycles. The fraction of sp³-hybridized carbons (Fsp3) is 0.294. The SMILES string of the molecule is CN(C)CCNc1cc(F)cc(-c2nccc3[nH]c(-c4n[nH]c5ccc(-c6cncc(CN7CCCCC7)c6)cc45)nc23)c1. The summed E-state index contributed by atoms with van der Waals surface area (Å²) in [4.78, 5) is 22.1. The molecule has 1 saturated heterocycles. The molecule has 0 spiro atoms. The van der Waals surface area contributed by atoms with Gasteiger partial charge >= 0.3 is 0 Å². The maximum Gasteiger partial charge on any atom is 0.159 e. The highest BCUT2D eigenvalue weighted by atomic mass is 19.1. The van der Waals surface area contributed by atoms with Crippen molar-refractivity contribution in [1.82, 2.24) is 39.9 Å². The van der Waals surface area contributed by atoms with Gasteiger partial charge in [-0.15, -0.1) is 0 Å². The molecule has 0 aliphatic carbocycles. The summed E-state index contributed by atoms with van der Waals surface area (Å²) in [6.45, 7) is 4.76. The minimum atomic E-state index is -0.329. The summed E-state index contributed by atoms with van der Waals surface area (Å²) in [6, 6.07) is 15.3. The highest BCUT2D eigenvalue weighted by Gasteiger charge is 2.18. The number of hydrogen-bond donors (Lipinski definition) is 3. The van der Waals surface area contributed by atoms with Gasteiger partial charge < -0.3 is 15.2 Å². The second-order valence-corrected chi connectivity index (χ2v) is 11.9. The van der Waals surface area contributed by atoms with Crippen molar-refractivity contribution in [3.05, 3.63) is 78.5 Å². The first kappa shape index (κ1) is 28.1. The molecular weight excluding hydrogens is 553 g/mol. The molecule has 44 heavy (non-hydrogen) atoms. The maximum atomic E-state index is 14.7. The van der Waals surface area contributed by atoms with Gasteiger partial charge in [0.1, 0.15) is 17.0 Å². The van der Waals surface area contributed by atoms with Crippen molar-refractivity contribution in [2.24, 2.45) is 0 Å². The number of halogens is 1. The van der Waals surface area contributed by atoms with E-state index in [4.69, 9.17) is 4.98 Å². The molecule has 7 rings (SSSR count). The third-order valence-electron chi connectivity index (χ3n) is 8.23. The van der Waals surface area contributed by atoms with Gasteiger partial charge in [-0.2, -0.15) is 5.10 Å². The van der Waals surface area contributed by atoms with E-state index >= 15 is 0 Å². The summed E-state index contributed by atoms with van der Waals surface area (Å²) >= 11 is 0. The topological polar surface area (TPSA) is 102 Å². The lowest BCUT2D eigenvalue weighted by Crippen LogP contribution is -2.29. The van der Waals surface area contributed by atoms with Crippen LogP contribution in [0.5, 0.6) is 0 Å². The lowest BCUT2D eigenvalue weighted by Gasteiger charge is -2.26. The molecule has 5 heterocycles. The van der Waals surface area contributed by atoms with Gasteiger partial charge in [-0.3, -0.25) is 20.0 Å². The number of hydrogen-bond acceptors (Lipinski definition) is 7. The number of fused-ring (bicyclic) bond motifs is 2. The van der Waals surface area contributed by atoms with Crippen LogP contribution in [0.2, 0.25) is 0 Å². The predicted octanol–water partition coefficient (Wildman–Crippen LogP) is 6.33. The molecule has 1 fully saturated rings. The van der Waals surface area contributed by atoms with Gasteiger partial charge in [0, 0.05) is 60.4 Å². The average molecular weight is 590 g/mol. The van der Waals surface area contributed by atoms with Crippen LogP contribution in [-0.2, 0) is 6.54 Å². The van der Waals surface area contributed by atoms with Gasteiger partial charge in [0.05, 0.1) is 16.7 Å². The summed E-state index contributed by atoms with van der Waals surface area (Å²) < 4.78 is 14.7. The second-order valence-electron chi connectivity index (χ2n) is 11.9. The zero-order valence-corrected chi connectivity index (χ0v) is 25.1. The Labute approximate surface area is 255 Å². The van der Waals surface area contributed by atoms with E-state index < -0.39 is 0 Å². The molecule has 6 aromatic rings. The Hall–Kier alpha value is -4.67. The number of aromatic nitrogens is 6. The Kier molecular flexibility index (Phi) is 7.76. The van der Waals surface area contributed by atoms with Crippen molar-refractivity contribution in [2.75, 3.05) is 45.6 Å². The molecule has 4 aromatic heterocycles. The number of imidazole rings is 1. The van der Waals surface area contributed by atoms with Gasteiger partial charge in [-0.05, 0) is 93.6 Å². The van der Waals surface area contributed by atoms with Crippen LogP contribution in [0.4, 0.5) is 10.1 Å². The lowest BCUT2D eigenvalue weighted by molar-refractivity contribution is 0.220. The molecule has 2 aromatic carbocycles. The first-order valence-corrected chi connectivity index (χ1v) is 15.2. The van der Waals surface area contributed by atoms with E-state index in [1.807, 2.05) is 44.7 Å². The number of piperidine rings is 1. The van der Waals surface area contributed by atoms with Crippen molar-refractivity contribution < 1.29 is 4.39 Å². The van der Waals surface area contributed by atoms with E-state index in [0.29, 0.717) is 40.5 Å². The maximum absolute atomic E-state index is 14.7. The third kappa shape index (κ3) is 5.91. The largest absolute Gasteiger partial charge is 0.384 e. The Morgan fingerprint density at radius 1 is 0.909 bits per heavy atom. The normalized spacial score (nSPS) is 14.2. The molecule has 0 unspecified atom stereocenters. The summed E-state index contributed by atoms with van der Waals surface area (Å²) in [6.07, 6.45) is 9.47. The van der Waals surface area contributed by atoms with Crippen LogP contribution in [0.15, 0.2) is 67.1 Å². The van der Waals surface area contributed by atoms with Crippen LogP contribution < -0.4 is 5.32 Å². The van der Waals surface area contributed by atoms with Crippen LogP contribution in [0.3, 0.4) is 0 Å². The highest BCUT2D eigenvalue weighted by Crippen LogP contribution is 2.33. The fourth-order valence-corrected chi connectivity index (χ4v) is 5.99. The Bertz CT molecular complexity index is 1920. The summed E-state index contributed by atoms with van der Waals surface area (Å²) in [5, 5.41) is 12.0. The van der Waals surface area contributed by atoms with Gasteiger partial charge in [0.15, 0.2) is 5.82 Å².